The van der Waals surface area contributed by atoms with E-state index in [1.54, 1.807) is 25.5 Å². The lowest BCUT2D eigenvalue weighted by Crippen LogP contribution is -2.40. The first kappa shape index (κ1) is 22.0. The van der Waals surface area contributed by atoms with Gasteiger partial charge in [0.1, 0.15) is 5.76 Å². The molecule has 1 aromatic heterocycles. The smallest absolute Gasteiger partial charge is 0.244 e. The van der Waals surface area contributed by atoms with Crippen LogP contribution in [0.4, 0.5) is 0 Å². The number of amides is 1. The molecule has 1 aliphatic rings. The van der Waals surface area contributed by atoms with Crippen LogP contribution in [0.15, 0.2) is 47.1 Å². The second-order valence-electron chi connectivity index (χ2n) is 7.47. The van der Waals surface area contributed by atoms with Gasteiger partial charge in [0.05, 0.1) is 26.0 Å². The number of furan rings is 1. The van der Waals surface area contributed by atoms with Gasteiger partial charge in [-0.1, -0.05) is 19.4 Å². The van der Waals surface area contributed by atoms with Gasteiger partial charge in [-0.25, -0.2) is 0 Å². The quantitative estimate of drug-likeness (QED) is 0.585. The van der Waals surface area contributed by atoms with Gasteiger partial charge in [0.2, 0.25) is 5.91 Å². The average Bonchev–Trinajstić information content (AvgIpc) is 3.32. The van der Waals surface area contributed by atoms with E-state index in [1.165, 1.54) is 19.3 Å². The summed E-state index contributed by atoms with van der Waals surface area (Å²) in [4.78, 5) is 14.8. The number of nitrogens with zero attached hydrogens (tertiary/aromatic N) is 1. The number of carbonyl (C=O) groups excluding carboxylic acids is 1. The van der Waals surface area contributed by atoms with Crippen molar-refractivity contribution in [2.45, 2.75) is 38.6 Å². The predicted molar refractivity (Wildman–Crippen MR) is 118 cm³/mol. The van der Waals surface area contributed by atoms with Crippen LogP contribution in [-0.2, 0) is 4.79 Å². The summed E-state index contributed by atoms with van der Waals surface area (Å²) in [6.07, 6.45) is 9.59. The molecule has 0 radical (unpaired) electrons. The largest absolute Gasteiger partial charge is 0.493 e. The summed E-state index contributed by atoms with van der Waals surface area (Å²) in [7, 11) is 1.61. The standard InChI is InChI=1S/C24H32N2O4/c1-3-15-29-22-11-9-19(17-23(22)28-2)10-12-24(27)25-18-20(21-8-7-16-30-21)26-13-5-4-6-14-26/h7-12,16-17,20H,3-6,13-15,18H2,1-2H3,(H,25,27). The zero-order valence-electron chi connectivity index (χ0n) is 17.9. The van der Waals surface area contributed by atoms with E-state index < -0.39 is 0 Å². The molecule has 1 fully saturated rings. The molecule has 2 aromatic rings. The predicted octanol–water partition coefficient (Wildman–Crippen LogP) is 4.43. The van der Waals surface area contributed by atoms with Crippen LogP contribution in [0.5, 0.6) is 11.5 Å². The Balaban J connectivity index is 1.59. The monoisotopic (exact) mass is 412 g/mol. The summed E-state index contributed by atoms with van der Waals surface area (Å²) in [5.74, 6) is 2.14. The zero-order chi connectivity index (χ0) is 21.2. The lowest BCUT2D eigenvalue weighted by molar-refractivity contribution is -0.116. The molecular formula is C24H32N2O4. The minimum absolute atomic E-state index is 0.0627. The van der Waals surface area contributed by atoms with E-state index in [9.17, 15) is 4.79 Å². The van der Waals surface area contributed by atoms with E-state index in [4.69, 9.17) is 13.9 Å². The molecule has 1 aromatic carbocycles. The van der Waals surface area contributed by atoms with Crippen molar-refractivity contribution in [3.63, 3.8) is 0 Å². The highest BCUT2D eigenvalue weighted by Gasteiger charge is 2.24. The minimum atomic E-state index is -0.131. The maximum absolute atomic E-state index is 12.4. The first-order valence-corrected chi connectivity index (χ1v) is 10.8. The van der Waals surface area contributed by atoms with Gasteiger partial charge in [0.25, 0.3) is 0 Å². The molecule has 0 spiro atoms. The third-order valence-corrected chi connectivity index (χ3v) is 5.25. The second-order valence-corrected chi connectivity index (χ2v) is 7.47. The number of ether oxygens (including phenoxy) is 2. The molecule has 2 heterocycles. The third-order valence-electron chi connectivity index (χ3n) is 5.25. The van der Waals surface area contributed by atoms with Gasteiger partial charge in [-0.15, -0.1) is 0 Å². The molecule has 6 nitrogen and oxygen atoms in total. The Labute approximate surface area is 178 Å². The summed E-state index contributed by atoms with van der Waals surface area (Å²) in [6.45, 7) is 5.28. The van der Waals surface area contributed by atoms with Gasteiger partial charge in [-0.2, -0.15) is 0 Å². The second kappa shape index (κ2) is 11.5. The first-order chi connectivity index (χ1) is 14.7. The van der Waals surface area contributed by atoms with Crippen LogP contribution < -0.4 is 14.8 Å². The third kappa shape index (κ3) is 6.13. The molecule has 1 amide bonds. The van der Waals surface area contributed by atoms with Gasteiger partial charge < -0.3 is 19.2 Å². The fourth-order valence-electron chi connectivity index (χ4n) is 3.67. The highest BCUT2D eigenvalue weighted by molar-refractivity contribution is 5.91. The Morgan fingerprint density at radius 3 is 2.77 bits per heavy atom. The molecule has 1 saturated heterocycles. The van der Waals surface area contributed by atoms with Crippen LogP contribution in [0.1, 0.15) is 50.0 Å². The van der Waals surface area contributed by atoms with Crippen LogP contribution in [0.2, 0.25) is 0 Å². The molecule has 30 heavy (non-hydrogen) atoms. The van der Waals surface area contributed by atoms with Crippen molar-refractivity contribution in [1.82, 2.24) is 10.2 Å². The topological polar surface area (TPSA) is 63.9 Å². The number of carbonyl (C=O) groups is 1. The summed E-state index contributed by atoms with van der Waals surface area (Å²) in [5.41, 5.74) is 0.879. The maximum Gasteiger partial charge on any atom is 0.244 e. The van der Waals surface area contributed by atoms with E-state index in [2.05, 4.69) is 17.1 Å². The van der Waals surface area contributed by atoms with Crippen LogP contribution in [-0.4, -0.2) is 44.2 Å². The Morgan fingerprint density at radius 2 is 2.07 bits per heavy atom. The van der Waals surface area contributed by atoms with E-state index >= 15 is 0 Å². The molecule has 1 atom stereocenters. The number of hydrogen-bond acceptors (Lipinski definition) is 5. The first-order valence-electron chi connectivity index (χ1n) is 10.8. The van der Waals surface area contributed by atoms with Gasteiger partial charge in [0, 0.05) is 12.6 Å². The number of methoxy groups -OCH3 is 1. The van der Waals surface area contributed by atoms with Gasteiger partial charge in [0.15, 0.2) is 11.5 Å². The molecule has 6 heteroatoms. The highest BCUT2D eigenvalue weighted by Crippen LogP contribution is 2.29. The summed E-state index contributed by atoms with van der Waals surface area (Å²) in [5, 5.41) is 3.02. The fourth-order valence-corrected chi connectivity index (χ4v) is 3.67. The van der Waals surface area contributed by atoms with Crippen molar-refractivity contribution < 1.29 is 18.7 Å². The van der Waals surface area contributed by atoms with Gasteiger partial charge >= 0.3 is 0 Å². The molecule has 1 aliphatic heterocycles. The van der Waals surface area contributed by atoms with E-state index in [-0.39, 0.29) is 11.9 Å². The zero-order valence-corrected chi connectivity index (χ0v) is 17.9. The van der Waals surface area contributed by atoms with Crippen LogP contribution in [0, 0.1) is 0 Å². The number of likely N-dealkylation sites (tertiary alicyclic amines) is 1. The van der Waals surface area contributed by atoms with Crippen molar-refractivity contribution in [2.24, 2.45) is 0 Å². The van der Waals surface area contributed by atoms with E-state index in [0.717, 1.165) is 30.8 Å². The van der Waals surface area contributed by atoms with Crippen LogP contribution in [0.3, 0.4) is 0 Å². The summed E-state index contributed by atoms with van der Waals surface area (Å²) < 4.78 is 16.7. The van der Waals surface area contributed by atoms with Crippen LogP contribution >= 0.6 is 0 Å². The normalized spacial score (nSPS) is 15.8. The Hall–Kier alpha value is -2.73. The number of piperidine rings is 1. The van der Waals surface area contributed by atoms with Crippen molar-refractivity contribution in [3.05, 3.63) is 54.0 Å². The lowest BCUT2D eigenvalue weighted by atomic mass is 10.1. The molecule has 0 bridgehead atoms. The number of benzene rings is 1. The molecule has 162 valence electrons. The van der Waals surface area contributed by atoms with Crippen molar-refractivity contribution in [2.75, 3.05) is 33.4 Å². The van der Waals surface area contributed by atoms with Crippen molar-refractivity contribution >= 4 is 12.0 Å². The fraction of sp³-hybridized carbons (Fsp3) is 0.458. The maximum atomic E-state index is 12.4. The number of nitrogens with one attached hydrogen (secondary N) is 1. The van der Waals surface area contributed by atoms with Gasteiger partial charge in [-0.3, -0.25) is 9.69 Å². The number of hydrogen-bond donors (Lipinski definition) is 1. The Bertz CT molecular complexity index is 811. The average molecular weight is 413 g/mol. The Morgan fingerprint density at radius 1 is 1.23 bits per heavy atom. The molecular weight excluding hydrogens is 380 g/mol. The van der Waals surface area contributed by atoms with E-state index in [1.807, 2.05) is 30.3 Å². The summed E-state index contributed by atoms with van der Waals surface area (Å²) >= 11 is 0. The molecule has 0 aliphatic carbocycles. The molecule has 1 unspecified atom stereocenters. The van der Waals surface area contributed by atoms with Crippen molar-refractivity contribution in [3.8, 4) is 11.5 Å². The highest BCUT2D eigenvalue weighted by atomic mass is 16.5. The lowest BCUT2D eigenvalue weighted by Gasteiger charge is -2.33. The number of rotatable bonds is 10. The minimum Gasteiger partial charge on any atom is -0.493 e. The SMILES string of the molecule is CCCOc1ccc(C=CC(=O)NCC(c2ccco2)N2CCCCC2)cc1OC. The molecule has 0 saturated carbocycles. The molecule has 3 rings (SSSR count). The summed E-state index contributed by atoms with van der Waals surface area (Å²) in [6, 6.07) is 9.60. The van der Waals surface area contributed by atoms with Crippen molar-refractivity contribution in [1.29, 1.82) is 0 Å². The Kier molecular flexibility index (Phi) is 8.39. The van der Waals surface area contributed by atoms with Crippen LogP contribution in [0.25, 0.3) is 6.08 Å². The van der Waals surface area contributed by atoms with E-state index in [0.29, 0.717) is 24.7 Å². The van der Waals surface area contributed by atoms with Gasteiger partial charge in [-0.05, 0) is 68.3 Å². The molecule has 1 N–H and O–H groups in total.